The molecule has 0 aromatic heterocycles. The van der Waals surface area contributed by atoms with Gasteiger partial charge in [-0.1, -0.05) is 12.1 Å². The second kappa shape index (κ2) is 6.14. The maximum absolute atomic E-state index is 12.8. The molecule has 0 spiro atoms. The van der Waals surface area contributed by atoms with E-state index >= 15 is 0 Å². The van der Waals surface area contributed by atoms with Crippen LogP contribution in [0.5, 0.6) is 0 Å². The van der Waals surface area contributed by atoms with Crippen LogP contribution in [0.2, 0.25) is 0 Å². The van der Waals surface area contributed by atoms with Crippen molar-refractivity contribution in [2.24, 2.45) is 5.73 Å². The second-order valence-corrected chi connectivity index (χ2v) is 4.05. The SMILES string of the molecule is NCCC(O)C(O)c1ccc(C=O)cc1C(F)(F)F. The summed E-state index contributed by atoms with van der Waals surface area (Å²) >= 11 is 0. The number of carbonyl (C=O) groups is 1. The first-order valence-corrected chi connectivity index (χ1v) is 5.53. The lowest BCUT2D eigenvalue weighted by Gasteiger charge is -2.21. The van der Waals surface area contributed by atoms with Crippen LogP contribution in [0, 0.1) is 0 Å². The number of benzene rings is 1. The first-order valence-electron chi connectivity index (χ1n) is 5.53. The van der Waals surface area contributed by atoms with Crippen LogP contribution in [0.4, 0.5) is 13.2 Å². The van der Waals surface area contributed by atoms with Gasteiger partial charge in [-0.2, -0.15) is 13.2 Å². The van der Waals surface area contributed by atoms with Crippen LogP contribution in [0.25, 0.3) is 0 Å². The zero-order valence-corrected chi connectivity index (χ0v) is 9.89. The Morgan fingerprint density at radius 3 is 2.42 bits per heavy atom. The van der Waals surface area contributed by atoms with Gasteiger partial charge in [0, 0.05) is 5.56 Å². The Hall–Kier alpha value is -1.44. The maximum atomic E-state index is 12.8. The molecule has 0 fully saturated rings. The predicted molar refractivity (Wildman–Crippen MR) is 61.5 cm³/mol. The largest absolute Gasteiger partial charge is 0.416 e. The summed E-state index contributed by atoms with van der Waals surface area (Å²) in [6, 6.07) is 2.77. The van der Waals surface area contributed by atoms with E-state index in [9.17, 15) is 28.2 Å². The van der Waals surface area contributed by atoms with Gasteiger partial charge in [0.1, 0.15) is 12.4 Å². The van der Waals surface area contributed by atoms with E-state index in [1.807, 2.05) is 0 Å². The molecular formula is C12H14F3NO3. The third kappa shape index (κ3) is 3.76. The first-order chi connectivity index (χ1) is 8.81. The van der Waals surface area contributed by atoms with E-state index in [1.54, 1.807) is 0 Å². The fourth-order valence-corrected chi connectivity index (χ4v) is 1.69. The van der Waals surface area contributed by atoms with E-state index in [4.69, 9.17) is 5.73 Å². The number of carbonyl (C=O) groups excluding carboxylic acids is 1. The third-order valence-corrected chi connectivity index (χ3v) is 2.66. The van der Waals surface area contributed by atoms with Crippen molar-refractivity contribution in [3.63, 3.8) is 0 Å². The summed E-state index contributed by atoms with van der Waals surface area (Å²) in [7, 11) is 0. The number of hydrogen-bond acceptors (Lipinski definition) is 4. The van der Waals surface area contributed by atoms with Crippen LogP contribution >= 0.6 is 0 Å². The predicted octanol–water partition coefficient (Wildman–Crippen LogP) is 1.26. The van der Waals surface area contributed by atoms with Gasteiger partial charge in [0.15, 0.2) is 0 Å². The van der Waals surface area contributed by atoms with Crippen molar-refractivity contribution < 1.29 is 28.2 Å². The molecule has 106 valence electrons. The molecule has 4 nitrogen and oxygen atoms in total. The molecule has 0 aliphatic heterocycles. The summed E-state index contributed by atoms with van der Waals surface area (Å²) in [4.78, 5) is 10.5. The van der Waals surface area contributed by atoms with Gasteiger partial charge in [0.2, 0.25) is 0 Å². The maximum Gasteiger partial charge on any atom is 0.416 e. The van der Waals surface area contributed by atoms with Crippen molar-refractivity contribution in [1.82, 2.24) is 0 Å². The zero-order chi connectivity index (χ0) is 14.6. The molecule has 1 aromatic rings. The zero-order valence-electron chi connectivity index (χ0n) is 9.89. The Labute approximate surface area is 107 Å². The summed E-state index contributed by atoms with van der Waals surface area (Å²) < 4.78 is 38.5. The summed E-state index contributed by atoms with van der Waals surface area (Å²) in [5.41, 5.74) is 3.41. The summed E-state index contributed by atoms with van der Waals surface area (Å²) in [5, 5.41) is 19.3. The number of aliphatic hydroxyl groups is 2. The number of aliphatic hydroxyl groups excluding tert-OH is 2. The highest BCUT2D eigenvalue weighted by Gasteiger charge is 2.36. The third-order valence-electron chi connectivity index (χ3n) is 2.66. The van der Waals surface area contributed by atoms with Gasteiger partial charge in [-0.3, -0.25) is 4.79 Å². The number of nitrogens with two attached hydrogens (primary N) is 1. The van der Waals surface area contributed by atoms with Crippen molar-refractivity contribution >= 4 is 6.29 Å². The summed E-state index contributed by atoms with van der Waals surface area (Å²) in [6.07, 6.45) is -7.58. The minimum atomic E-state index is -4.72. The van der Waals surface area contributed by atoms with Gasteiger partial charge in [-0.15, -0.1) is 0 Å². The van der Waals surface area contributed by atoms with Crippen molar-refractivity contribution in [2.45, 2.75) is 24.8 Å². The van der Waals surface area contributed by atoms with Crippen molar-refractivity contribution in [3.05, 3.63) is 34.9 Å². The Balaban J connectivity index is 3.23. The molecule has 7 heteroatoms. The molecule has 0 radical (unpaired) electrons. The fraction of sp³-hybridized carbons (Fsp3) is 0.417. The van der Waals surface area contributed by atoms with Gasteiger partial charge >= 0.3 is 6.18 Å². The van der Waals surface area contributed by atoms with E-state index in [2.05, 4.69) is 0 Å². The van der Waals surface area contributed by atoms with Crippen molar-refractivity contribution in [3.8, 4) is 0 Å². The molecule has 2 atom stereocenters. The number of hydrogen-bond donors (Lipinski definition) is 3. The molecule has 0 aliphatic carbocycles. The molecule has 19 heavy (non-hydrogen) atoms. The second-order valence-electron chi connectivity index (χ2n) is 4.05. The molecule has 0 aliphatic rings. The topological polar surface area (TPSA) is 83.6 Å². The average molecular weight is 277 g/mol. The van der Waals surface area contributed by atoms with Crippen LogP contribution < -0.4 is 5.73 Å². The minimum Gasteiger partial charge on any atom is -0.390 e. The normalized spacial score (nSPS) is 15.1. The highest BCUT2D eigenvalue weighted by molar-refractivity contribution is 5.75. The van der Waals surface area contributed by atoms with Crippen molar-refractivity contribution in [2.75, 3.05) is 6.54 Å². The summed E-state index contributed by atoms with van der Waals surface area (Å²) in [5.74, 6) is 0. The van der Waals surface area contributed by atoms with Crippen LogP contribution in [0.3, 0.4) is 0 Å². The van der Waals surface area contributed by atoms with E-state index in [0.717, 1.165) is 12.1 Å². The fourth-order valence-electron chi connectivity index (χ4n) is 1.69. The van der Waals surface area contributed by atoms with Crippen molar-refractivity contribution in [1.29, 1.82) is 0 Å². The highest BCUT2D eigenvalue weighted by Crippen LogP contribution is 2.36. The summed E-state index contributed by atoms with van der Waals surface area (Å²) in [6.45, 7) is 0.0337. The number of rotatable bonds is 5. The molecule has 0 bridgehead atoms. The molecular weight excluding hydrogens is 263 g/mol. The van der Waals surface area contributed by atoms with Crippen LogP contribution in [-0.2, 0) is 6.18 Å². The Morgan fingerprint density at radius 1 is 1.32 bits per heavy atom. The number of alkyl halides is 3. The Kier molecular flexibility index (Phi) is 5.04. The highest BCUT2D eigenvalue weighted by atomic mass is 19.4. The van der Waals surface area contributed by atoms with E-state index in [1.165, 1.54) is 0 Å². The first kappa shape index (κ1) is 15.6. The monoisotopic (exact) mass is 277 g/mol. The lowest BCUT2D eigenvalue weighted by atomic mass is 9.95. The minimum absolute atomic E-state index is 0.0337. The molecule has 2 unspecified atom stereocenters. The van der Waals surface area contributed by atoms with E-state index < -0.39 is 29.5 Å². The molecule has 0 saturated heterocycles. The number of halogens is 3. The van der Waals surface area contributed by atoms with Gasteiger partial charge in [-0.05, 0) is 24.6 Å². The smallest absolute Gasteiger partial charge is 0.390 e. The number of aldehydes is 1. The molecule has 1 rings (SSSR count). The lowest BCUT2D eigenvalue weighted by molar-refractivity contribution is -0.140. The standard InChI is InChI=1S/C12H14F3NO3/c13-12(14,15)9-5-7(6-17)1-2-8(9)11(19)10(18)3-4-16/h1-2,5-6,10-11,18-19H,3-4,16H2. The molecule has 1 aromatic carbocycles. The van der Waals surface area contributed by atoms with Gasteiger partial charge in [0.05, 0.1) is 11.7 Å². The Morgan fingerprint density at radius 2 is 1.95 bits per heavy atom. The lowest BCUT2D eigenvalue weighted by Crippen LogP contribution is -2.24. The average Bonchev–Trinajstić information content (AvgIpc) is 2.36. The molecule has 0 heterocycles. The van der Waals surface area contributed by atoms with Crippen LogP contribution in [0.1, 0.15) is 34.0 Å². The van der Waals surface area contributed by atoms with Crippen LogP contribution in [0.15, 0.2) is 18.2 Å². The molecule has 0 amide bonds. The quantitative estimate of drug-likeness (QED) is 0.707. The Bertz CT molecular complexity index is 448. The van der Waals surface area contributed by atoms with Gasteiger partial charge < -0.3 is 15.9 Å². The van der Waals surface area contributed by atoms with E-state index in [-0.39, 0.29) is 24.8 Å². The molecule has 4 N–H and O–H groups in total. The van der Waals surface area contributed by atoms with E-state index in [0.29, 0.717) is 6.07 Å². The van der Waals surface area contributed by atoms with Crippen LogP contribution in [-0.4, -0.2) is 29.1 Å². The molecule has 0 saturated carbocycles. The van der Waals surface area contributed by atoms with Gasteiger partial charge in [0.25, 0.3) is 0 Å². The van der Waals surface area contributed by atoms with Gasteiger partial charge in [-0.25, -0.2) is 0 Å².